The first-order chi connectivity index (χ1) is 12.7. The van der Waals surface area contributed by atoms with Crippen molar-refractivity contribution in [1.29, 1.82) is 0 Å². The molecule has 0 bridgehead atoms. The molecular weight excluding hydrogens is 326 g/mol. The fraction of sp³-hybridized carbons (Fsp3) is 0.0455. The summed E-state index contributed by atoms with van der Waals surface area (Å²) in [4.78, 5) is 13.4. The highest BCUT2D eigenvalue weighted by Gasteiger charge is 2.12. The SMILES string of the molecule is C=CC(=O)Oc1ccc(N(c2ccccc2)c2ccc(CO)cc2)cc1. The third-order valence-electron chi connectivity index (χ3n) is 3.87. The quantitative estimate of drug-likeness (QED) is 0.398. The van der Waals surface area contributed by atoms with Crippen molar-refractivity contribution >= 4 is 23.0 Å². The van der Waals surface area contributed by atoms with Crippen LogP contribution in [-0.4, -0.2) is 11.1 Å². The Morgan fingerprint density at radius 2 is 1.42 bits per heavy atom. The van der Waals surface area contributed by atoms with E-state index < -0.39 is 5.97 Å². The maximum absolute atomic E-state index is 11.3. The predicted octanol–water partition coefficient (Wildman–Crippen LogP) is 4.74. The highest BCUT2D eigenvalue weighted by molar-refractivity contribution is 5.83. The van der Waals surface area contributed by atoms with Gasteiger partial charge in [0.2, 0.25) is 0 Å². The summed E-state index contributed by atoms with van der Waals surface area (Å²) in [6.45, 7) is 3.40. The summed E-state index contributed by atoms with van der Waals surface area (Å²) >= 11 is 0. The Balaban J connectivity index is 1.97. The Kier molecular flexibility index (Phi) is 5.46. The molecule has 0 amide bonds. The van der Waals surface area contributed by atoms with E-state index in [0.29, 0.717) is 5.75 Å². The third-order valence-corrected chi connectivity index (χ3v) is 3.87. The second-order valence-corrected chi connectivity index (χ2v) is 5.61. The van der Waals surface area contributed by atoms with Gasteiger partial charge in [-0.2, -0.15) is 0 Å². The van der Waals surface area contributed by atoms with E-state index >= 15 is 0 Å². The minimum atomic E-state index is -0.489. The van der Waals surface area contributed by atoms with Gasteiger partial charge in [0, 0.05) is 23.1 Å². The Hall–Kier alpha value is -3.37. The molecule has 0 radical (unpaired) electrons. The van der Waals surface area contributed by atoms with Crippen LogP contribution in [0, 0.1) is 0 Å². The Labute approximate surface area is 152 Å². The summed E-state index contributed by atoms with van der Waals surface area (Å²) in [7, 11) is 0. The predicted molar refractivity (Wildman–Crippen MR) is 103 cm³/mol. The van der Waals surface area contributed by atoms with Gasteiger partial charge in [-0.15, -0.1) is 0 Å². The zero-order valence-corrected chi connectivity index (χ0v) is 14.2. The molecule has 0 atom stereocenters. The van der Waals surface area contributed by atoms with Gasteiger partial charge in [0.1, 0.15) is 5.75 Å². The summed E-state index contributed by atoms with van der Waals surface area (Å²) < 4.78 is 5.14. The molecule has 3 aromatic rings. The van der Waals surface area contributed by atoms with Crippen LogP contribution in [-0.2, 0) is 11.4 Å². The molecule has 0 aromatic heterocycles. The number of esters is 1. The van der Waals surface area contributed by atoms with Crippen molar-refractivity contribution in [2.45, 2.75) is 6.61 Å². The van der Waals surface area contributed by atoms with Crippen LogP contribution in [0.2, 0.25) is 0 Å². The van der Waals surface area contributed by atoms with E-state index in [1.54, 1.807) is 12.1 Å². The largest absolute Gasteiger partial charge is 0.423 e. The fourth-order valence-corrected chi connectivity index (χ4v) is 2.60. The zero-order chi connectivity index (χ0) is 18.4. The molecule has 0 aliphatic heterocycles. The molecular formula is C22H19NO3. The maximum atomic E-state index is 11.3. The molecule has 0 spiro atoms. The molecule has 3 rings (SSSR count). The van der Waals surface area contributed by atoms with Gasteiger partial charge in [-0.05, 0) is 54.1 Å². The minimum absolute atomic E-state index is 0.00891. The number of para-hydroxylation sites is 1. The molecule has 0 fully saturated rings. The van der Waals surface area contributed by atoms with E-state index in [1.807, 2.05) is 66.7 Å². The van der Waals surface area contributed by atoms with E-state index in [-0.39, 0.29) is 6.61 Å². The van der Waals surface area contributed by atoms with E-state index in [9.17, 15) is 9.90 Å². The van der Waals surface area contributed by atoms with Gasteiger partial charge < -0.3 is 14.7 Å². The van der Waals surface area contributed by atoms with Crippen molar-refractivity contribution < 1.29 is 14.6 Å². The number of anilines is 3. The molecule has 0 saturated carbocycles. The lowest BCUT2D eigenvalue weighted by Crippen LogP contribution is -2.10. The lowest BCUT2D eigenvalue weighted by molar-refractivity contribution is -0.128. The topological polar surface area (TPSA) is 49.8 Å². The number of aliphatic hydroxyl groups excluding tert-OH is 1. The number of carbonyl (C=O) groups excluding carboxylic acids is 1. The van der Waals surface area contributed by atoms with Crippen LogP contribution in [0.4, 0.5) is 17.1 Å². The average Bonchev–Trinajstić information content (AvgIpc) is 2.71. The van der Waals surface area contributed by atoms with Crippen molar-refractivity contribution in [1.82, 2.24) is 0 Å². The highest BCUT2D eigenvalue weighted by atomic mass is 16.5. The molecule has 4 heteroatoms. The second kappa shape index (κ2) is 8.14. The van der Waals surface area contributed by atoms with Crippen LogP contribution in [0.25, 0.3) is 0 Å². The number of rotatable bonds is 6. The van der Waals surface area contributed by atoms with E-state index in [1.165, 1.54) is 0 Å². The first-order valence-corrected chi connectivity index (χ1v) is 8.20. The molecule has 26 heavy (non-hydrogen) atoms. The van der Waals surface area contributed by atoms with Gasteiger partial charge >= 0.3 is 5.97 Å². The standard InChI is InChI=1S/C22H19NO3/c1-2-22(25)26-21-14-12-20(13-15-21)23(18-6-4-3-5-7-18)19-10-8-17(16-24)9-11-19/h2-15,24H,1,16H2. The molecule has 0 aliphatic rings. The summed E-state index contributed by atoms with van der Waals surface area (Å²) in [6, 6.07) is 24.9. The van der Waals surface area contributed by atoms with Crippen molar-refractivity contribution in [3.8, 4) is 5.75 Å². The van der Waals surface area contributed by atoms with Gasteiger partial charge in [0.15, 0.2) is 0 Å². The second-order valence-electron chi connectivity index (χ2n) is 5.61. The van der Waals surface area contributed by atoms with Gasteiger partial charge in [-0.3, -0.25) is 0 Å². The smallest absolute Gasteiger partial charge is 0.335 e. The fourth-order valence-electron chi connectivity index (χ4n) is 2.60. The van der Waals surface area contributed by atoms with Crippen LogP contribution in [0.1, 0.15) is 5.56 Å². The van der Waals surface area contributed by atoms with Crippen LogP contribution in [0.3, 0.4) is 0 Å². The molecule has 1 N–H and O–H groups in total. The number of hydrogen-bond acceptors (Lipinski definition) is 4. The summed E-state index contributed by atoms with van der Waals surface area (Å²) in [6.07, 6.45) is 1.13. The molecule has 0 heterocycles. The zero-order valence-electron chi connectivity index (χ0n) is 14.2. The molecule has 4 nitrogen and oxygen atoms in total. The molecule has 0 unspecified atom stereocenters. The lowest BCUT2D eigenvalue weighted by atomic mass is 10.1. The highest BCUT2D eigenvalue weighted by Crippen LogP contribution is 2.35. The van der Waals surface area contributed by atoms with Crippen molar-refractivity contribution in [2.75, 3.05) is 4.90 Å². The monoisotopic (exact) mass is 345 g/mol. The van der Waals surface area contributed by atoms with Crippen LogP contribution >= 0.6 is 0 Å². The number of aliphatic hydroxyl groups is 1. The Morgan fingerprint density at radius 1 is 0.885 bits per heavy atom. The summed E-state index contributed by atoms with van der Waals surface area (Å²) in [5.74, 6) is -0.0282. The van der Waals surface area contributed by atoms with Crippen molar-refractivity contribution in [2.24, 2.45) is 0 Å². The van der Waals surface area contributed by atoms with E-state index in [4.69, 9.17) is 4.74 Å². The third kappa shape index (κ3) is 3.99. The Morgan fingerprint density at radius 3 is 1.96 bits per heavy atom. The number of benzene rings is 3. The van der Waals surface area contributed by atoms with Crippen LogP contribution in [0.5, 0.6) is 5.75 Å². The first kappa shape index (κ1) is 17.5. The maximum Gasteiger partial charge on any atom is 0.335 e. The van der Waals surface area contributed by atoms with Gasteiger partial charge in [0.25, 0.3) is 0 Å². The van der Waals surface area contributed by atoms with Gasteiger partial charge in [-0.25, -0.2) is 4.79 Å². The molecule has 0 saturated heterocycles. The summed E-state index contributed by atoms with van der Waals surface area (Å²) in [5.41, 5.74) is 3.74. The van der Waals surface area contributed by atoms with Crippen molar-refractivity contribution in [3.05, 3.63) is 97.1 Å². The normalized spacial score (nSPS) is 10.2. The Bertz CT molecular complexity index is 872. The number of nitrogens with zero attached hydrogens (tertiary/aromatic N) is 1. The van der Waals surface area contributed by atoms with E-state index in [2.05, 4.69) is 11.5 Å². The van der Waals surface area contributed by atoms with Gasteiger partial charge in [0.05, 0.1) is 6.61 Å². The average molecular weight is 345 g/mol. The van der Waals surface area contributed by atoms with Crippen LogP contribution in [0.15, 0.2) is 91.5 Å². The summed E-state index contributed by atoms with van der Waals surface area (Å²) in [5, 5.41) is 9.26. The van der Waals surface area contributed by atoms with Gasteiger partial charge in [-0.1, -0.05) is 36.9 Å². The number of carbonyl (C=O) groups is 1. The molecule has 130 valence electrons. The molecule has 0 aliphatic carbocycles. The minimum Gasteiger partial charge on any atom is -0.423 e. The van der Waals surface area contributed by atoms with E-state index in [0.717, 1.165) is 28.7 Å². The first-order valence-electron chi connectivity index (χ1n) is 8.20. The lowest BCUT2D eigenvalue weighted by Gasteiger charge is -2.25. The number of hydrogen-bond donors (Lipinski definition) is 1. The van der Waals surface area contributed by atoms with Crippen LogP contribution < -0.4 is 9.64 Å². The van der Waals surface area contributed by atoms with Crippen molar-refractivity contribution in [3.63, 3.8) is 0 Å². The number of ether oxygens (including phenoxy) is 1. The molecule has 3 aromatic carbocycles.